The minimum absolute atomic E-state index is 0.630. The Morgan fingerprint density at radius 2 is 1.25 bits per heavy atom. The molecule has 1 unspecified atom stereocenters. The highest BCUT2D eigenvalue weighted by Crippen LogP contribution is 2.36. The summed E-state index contributed by atoms with van der Waals surface area (Å²) in [6.07, 6.45) is 11.6. The van der Waals surface area contributed by atoms with Crippen LogP contribution in [0.4, 0.5) is 0 Å². The molecule has 0 radical (unpaired) electrons. The van der Waals surface area contributed by atoms with Gasteiger partial charge in [-0.2, -0.15) is 0 Å². The van der Waals surface area contributed by atoms with Crippen molar-refractivity contribution in [2.45, 2.75) is 103 Å². The van der Waals surface area contributed by atoms with Crippen molar-refractivity contribution < 1.29 is 4.74 Å². The number of hydrogen-bond acceptors (Lipinski definition) is 1. The van der Waals surface area contributed by atoms with Gasteiger partial charge < -0.3 is 4.74 Å². The van der Waals surface area contributed by atoms with E-state index in [1.807, 2.05) is 0 Å². The molecular weight excluding hydrogens is 260 g/mol. The third kappa shape index (κ3) is 4.87. The van der Waals surface area contributed by atoms with Gasteiger partial charge in [-0.3, -0.25) is 0 Å². The minimum Gasteiger partial charge on any atom is -0.382 e. The summed E-state index contributed by atoms with van der Waals surface area (Å²) < 4.78 is 6.42. The maximum atomic E-state index is 6.42. The van der Waals surface area contributed by atoms with Crippen LogP contribution in [0.5, 0.6) is 0 Å². The van der Waals surface area contributed by atoms with E-state index in [1.54, 1.807) is 0 Å². The Balaban J connectivity index is 2.84. The summed E-state index contributed by atoms with van der Waals surface area (Å²) in [5, 5.41) is 0. The van der Waals surface area contributed by atoms with Gasteiger partial charge in [0.25, 0.3) is 0 Å². The van der Waals surface area contributed by atoms with Crippen molar-refractivity contribution in [1.29, 1.82) is 0 Å². The summed E-state index contributed by atoms with van der Waals surface area (Å²) >= 11 is 0. The van der Waals surface area contributed by atoms with Gasteiger partial charge in [0.2, 0.25) is 0 Å². The van der Waals surface area contributed by atoms with Crippen molar-refractivity contribution in [3.8, 4) is 0 Å². The van der Waals surface area contributed by atoms with E-state index in [2.05, 4.69) is 27.7 Å². The molecule has 1 aliphatic rings. The Labute approximate surface area is 128 Å². The van der Waals surface area contributed by atoms with Gasteiger partial charge in [-0.15, -0.1) is 0 Å². The molecule has 1 fully saturated rings. The minimum atomic E-state index is -1.23. The zero-order valence-corrected chi connectivity index (χ0v) is 15.5. The lowest BCUT2D eigenvalue weighted by Gasteiger charge is -2.41. The fourth-order valence-electron chi connectivity index (χ4n) is 4.31. The van der Waals surface area contributed by atoms with Crippen molar-refractivity contribution in [2.75, 3.05) is 6.61 Å². The highest BCUT2D eigenvalue weighted by atomic mass is 28.3. The van der Waals surface area contributed by atoms with E-state index in [0.29, 0.717) is 5.73 Å². The molecule has 1 rings (SSSR count). The molecule has 1 atom stereocenters. The fourth-order valence-corrected chi connectivity index (χ4v) is 8.87. The summed E-state index contributed by atoms with van der Waals surface area (Å²) in [7, 11) is -1.23. The first kappa shape index (κ1) is 18.2. The molecule has 1 saturated carbocycles. The van der Waals surface area contributed by atoms with Crippen molar-refractivity contribution in [1.82, 2.24) is 0 Å². The van der Waals surface area contributed by atoms with Gasteiger partial charge in [-0.1, -0.05) is 77.4 Å². The molecule has 20 heavy (non-hydrogen) atoms. The summed E-state index contributed by atoms with van der Waals surface area (Å²) in [6, 6.07) is 4.21. The van der Waals surface area contributed by atoms with Crippen LogP contribution >= 0.6 is 0 Å². The second kappa shape index (κ2) is 10.00. The molecule has 0 N–H and O–H groups in total. The van der Waals surface area contributed by atoms with Crippen LogP contribution in [-0.2, 0) is 4.74 Å². The van der Waals surface area contributed by atoms with Crippen LogP contribution in [0, 0.1) is 5.92 Å². The van der Waals surface area contributed by atoms with E-state index in [-0.39, 0.29) is 0 Å². The molecule has 0 saturated heterocycles. The maximum Gasteiger partial charge on any atom is 0.0872 e. The van der Waals surface area contributed by atoms with Crippen LogP contribution in [0.2, 0.25) is 18.1 Å². The van der Waals surface area contributed by atoms with Gasteiger partial charge in [0.15, 0.2) is 0 Å². The Morgan fingerprint density at radius 1 is 0.800 bits per heavy atom. The van der Waals surface area contributed by atoms with E-state index >= 15 is 0 Å². The molecule has 0 aromatic rings. The Kier molecular flexibility index (Phi) is 9.11. The molecule has 0 aliphatic heterocycles. The van der Waals surface area contributed by atoms with Gasteiger partial charge in [-0.05, 0) is 25.7 Å². The molecule has 0 aromatic heterocycles. The normalized spacial score (nSPS) is 21.0. The molecule has 1 aliphatic carbocycles. The highest BCUT2D eigenvalue weighted by Gasteiger charge is 2.41. The first-order valence-corrected chi connectivity index (χ1v) is 12.1. The molecule has 0 aromatic carbocycles. The molecule has 0 heterocycles. The van der Waals surface area contributed by atoms with Crippen LogP contribution in [0.15, 0.2) is 0 Å². The van der Waals surface area contributed by atoms with Crippen LogP contribution in [0.3, 0.4) is 0 Å². The molecule has 0 bridgehead atoms. The molecular formula is C18H38OSi. The second-order valence-electron chi connectivity index (χ2n) is 6.76. The standard InChI is InChI=1S/C18H38OSi/c1-5-19-18(20(6-2,7-3)8-4)17-15-13-11-9-10-12-14-16-17/h17-18H,5-16H2,1-4H3. The summed E-state index contributed by atoms with van der Waals surface area (Å²) in [6.45, 7) is 10.4. The van der Waals surface area contributed by atoms with Gasteiger partial charge in [0.1, 0.15) is 0 Å². The lowest BCUT2D eigenvalue weighted by molar-refractivity contribution is 0.0594. The fraction of sp³-hybridized carbons (Fsp3) is 1.00. The van der Waals surface area contributed by atoms with E-state index in [1.165, 1.54) is 69.5 Å². The van der Waals surface area contributed by atoms with Crippen LogP contribution in [0.25, 0.3) is 0 Å². The Hall–Kier alpha value is 0.177. The van der Waals surface area contributed by atoms with E-state index < -0.39 is 8.07 Å². The first-order valence-electron chi connectivity index (χ1n) is 9.35. The van der Waals surface area contributed by atoms with Crippen molar-refractivity contribution in [2.24, 2.45) is 5.92 Å². The van der Waals surface area contributed by atoms with Crippen molar-refractivity contribution >= 4 is 8.07 Å². The monoisotopic (exact) mass is 298 g/mol. The number of hydrogen-bond donors (Lipinski definition) is 0. The summed E-state index contributed by atoms with van der Waals surface area (Å²) in [5.41, 5.74) is 0.630. The van der Waals surface area contributed by atoms with Gasteiger partial charge >= 0.3 is 0 Å². The van der Waals surface area contributed by atoms with Gasteiger partial charge in [-0.25, -0.2) is 0 Å². The highest BCUT2D eigenvalue weighted by molar-refractivity contribution is 6.80. The van der Waals surface area contributed by atoms with Crippen LogP contribution in [-0.4, -0.2) is 20.4 Å². The zero-order chi connectivity index (χ0) is 14.8. The molecule has 0 spiro atoms. The predicted molar refractivity (Wildman–Crippen MR) is 93.0 cm³/mol. The maximum absolute atomic E-state index is 6.42. The zero-order valence-electron chi connectivity index (χ0n) is 14.5. The Bertz CT molecular complexity index is 219. The van der Waals surface area contributed by atoms with E-state index in [9.17, 15) is 0 Å². The average Bonchev–Trinajstić information content (AvgIpc) is 2.62. The third-order valence-corrected chi connectivity index (χ3v) is 12.0. The van der Waals surface area contributed by atoms with E-state index in [4.69, 9.17) is 4.74 Å². The lowest BCUT2D eigenvalue weighted by atomic mass is 9.97. The molecule has 0 amide bonds. The van der Waals surface area contributed by atoms with Gasteiger partial charge in [0.05, 0.1) is 13.8 Å². The number of rotatable bonds is 7. The summed E-state index contributed by atoms with van der Waals surface area (Å²) in [4.78, 5) is 0. The summed E-state index contributed by atoms with van der Waals surface area (Å²) in [5.74, 6) is 0.861. The largest absolute Gasteiger partial charge is 0.382 e. The molecule has 2 heteroatoms. The number of ether oxygens (including phenoxy) is 1. The van der Waals surface area contributed by atoms with Crippen LogP contribution < -0.4 is 0 Å². The van der Waals surface area contributed by atoms with Gasteiger partial charge in [0, 0.05) is 6.61 Å². The first-order chi connectivity index (χ1) is 9.74. The predicted octanol–water partition coefficient (Wildman–Crippen LogP) is 6.19. The molecule has 1 nitrogen and oxygen atoms in total. The van der Waals surface area contributed by atoms with Crippen molar-refractivity contribution in [3.63, 3.8) is 0 Å². The lowest BCUT2D eigenvalue weighted by Crippen LogP contribution is -2.51. The molecule has 120 valence electrons. The SMILES string of the molecule is CCOC(C1CCCCCCCC1)[Si](CC)(CC)CC. The van der Waals surface area contributed by atoms with Crippen LogP contribution in [0.1, 0.15) is 79.1 Å². The topological polar surface area (TPSA) is 9.23 Å². The quantitative estimate of drug-likeness (QED) is 0.509. The third-order valence-electron chi connectivity index (χ3n) is 5.89. The second-order valence-corrected chi connectivity index (χ2v) is 12.2. The average molecular weight is 299 g/mol. The van der Waals surface area contributed by atoms with E-state index in [0.717, 1.165) is 12.5 Å². The Morgan fingerprint density at radius 3 is 1.65 bits per heavy atom. The van der Waals surface area contributed by atoms with Crippen molar-refractivity contribution in [3.05, 3.63) is 0 Å². The smallest absolute Gasteiger partial charge is 0.0872 e.